The molecule has 0 heterocycles. The smallest absolute Gasteiger partial charge is 0.303 e. The molecule has 1 atom stereocenters. The van der Waals surface area contributed by atoms with E-state index < -0.39 is 12.1 Å². The Morgan fingerprint density at radius 3 is 2.60 bits per heavy atom. The number of esters is 1. The van der Waals surface area contributed by atoms with Gasteiger partial charge in [0.25, 0.3) is 0 Å². The molecule has 0 aliphatic carbocycles. The van der Waals surface area contributed by atoms with Gasteiger partial charge in [-0.05, 0) is 0 Å². The van der Waals surface area contributed by atoms with Gasteiger partial charge >= 0.3 is 5.97 Å². The van der Waals surface area contributed by atoms with Crippen LogP contribution in [0.25, 0.3) is 0 Å². The lowest BCUT2D eigenvalue weighted by Gasteiger charge is -2.11. The number of ether oxygens (including phenoxy) is 2. The van der Waals surface area contributed by atoms with Crippen molar-refractivity contribution in [1.29, 1.82) is 0 Å². The minimum absolute atomic E-state index is 0.201. The number of hydrogen-bond acceptors (Lipinski definition) is 4. The van der Waals surface area contributed by atoms with Gasteiger partial charge in [0.15, 0.2) is 0 Å². The number of methoxy groups -OCH3 is 1. The molecular weight excluding hydrogens is 136 g/mol. The van der Waals surface area contributed by atoms with Crippen molar-refractivity contribution < 1.29 is 19.4 Å². The summed E-state index contributed by atoms with van der Waals surface area (Å²) in [6.45, 7) is 1.32. The number of hydrogen-bond donors (Lipinski definition) is 1. The van der Waals surface area contributed by atoms with Crippen LogP contribution in [0.3, 0.4) is 0 Å². The molecule has 0 aliphatic heterocycles. The molecule has 10 heavy (non-hydrogen) atoms. The van der Waals surface area contributed by atoms with Crippen molar-refractivity contribution in [2.24, 2.45) is 0 Å². The van der Waals surface area contributed by atoms with Crippen LogP contribution in [0, 0.1) is 0 Å². The van der Waals surface area contributed by atoms with Gasteiger partial charge in [0.1, 0.15) is 6.10 Å². The van der Waals surface area contributed by atoms with E-state index in [1.54, 1.807) is 0 Å². The van der Waals surface area contributed by atoms with Gasteiger partial charge in [0.2, 0.25) is 0 Å². The van der Waals surface area contributed by atoms with Gasteiger partial charge in [-0.2, -0.15) is 0 Å². The first-order chi connectivity index (χ1) is 4.70. The molecule has 4 heteroatoms. The highest BCUT2D eigenvalue weighted by Crippen LogP contribution is 1.91. The average Bonchev–Trinajstić information content (AvgIpc) is 1.86. The van der Waals surface area contributed by atoms with Crippen LogP contribution in [0.15, 0.2) is 0 Å². The standard InChI is InChI=1S/C6H12O4/c1-5(8)10-6(3-7)4-9-2/h6-7H,3-4H2,1-2H3/t6-/m1/s1. The highest BCUT2D eigenvalue weighted by atomic mass is 16.6. The zero-order chi connectivity index (χ0) is 7.98. The van der Waals surface area contributed by atoms with Crippen LogP contribution in [-0.4, -0.2) is 37.5 Å². The van der Waals surface area contributed by atoms with E-state index >= 15 is 0 Å². The Bertz CT molecular complexity index is 102. The fourth-order valence-corrected chi connectivity index (χ4v) is 0.545. The maximum absolute atomic E-state index is 10.3. The Kier molecular flexibility index (Phi) is 4.88. The van der Waals surface area contributed by atoms with Crippen LogP contribution in [0.5, 0.6) is 0 Å². The number of carbonyl (C=O) groups is 1. The van der Waals surface area contributed by atoms with E-state index in [1.807, 2.05) is 0 Å². The second kappa shape index (κ2) is 5.20. The third-order valence-corrected chi connectivity index (χ3v) is 0.889. The zero-order valence-corrected chi connectivity index (χ0v) is 6.16. The summed E-state index contributed by atoms with van der Waals surface area (Å²) in [6.07, 6.45) is -0.525. The zero-order valence-electron chi connectivity index (χ0n) is 6.16. The Morgan fingerprint density at radius 2 is 2.30 bits per heavy atom. The fraction of sp³-hybridized carbons (Fsp3) is 0.833. The van der Waals surface area contributed by atoms with Crippen molar-refractivity contribution in [3.8, 4) is 0 Å². The molecule has 1 N–H and O–H groups in total. The van der Waals surface area contributed by atoms with E-state index in [9.17, 15) is 4.79 Å². The van der Waals surface area contributed by atoms with Gasteiger partial charge in [-0.15, -0.1) is 0 Å². The quantitative estimate of drug-likeness (QED) is 0.549. The molecule has 0 saturated heterocycles. The van der Waals surface area contributed by atoms with Gasteiger partial charge in [0, 0.05) is 14.0 Å². The van der Waals surface area contributed by atoms with Gasteiger partial charge in [-0.25, -0.2) is 0 Å². The van der Waals surface area contributed by atoms with Crippen LogP contribution in [0.1, 0.15) is 6.92 Å². The van der Waals surface area contributed by atoms with E-state index in [4.69, 9.17) is 5.11 Å². The Hall–Kier alpha value is -0.610. The first-order valence-electron chi connectivity index (χ1n) is 2.97. The topological polar surface area (TPSA) is 55.8 Å². The van der Waals surface area contributed by atoms with Crippen molar-refractivity contribution in [2.45, 2.75) is 13.0 Å². The van der Waals surface area contributed by atoms with Crippen molar-refractivity contribution in [1.82, 2.24) is 0 Å². The molecule has 0 unspecified atom stereocenters. The third-order valence-electron chi connectivity index (χ3n) is 0.889. The van der Waals surface area contributed by atoms with Gasteiger partial charge in [-0.3, -0.25) is 4.79 Å². The SMILES string of the molecule is COC[C@@H](CO)OC(C)=O. The van der Waals surface area contributed by atoms with Crippen LogP contribution in [0.2, 0.25) is 0 Å². The molecule has 0 amide bonds. The Labute approximate surface area is 59.7 Å². The molecular formula is C6H12O4. The minimum atomic E-state index is -0.525. The number of carbonyl (C=O) groups excluding carboxylic acids is 1. The van der Waals surface area contributed by atoms with Crippen LogP contribution in [0.4, 0.5) is 0 Å². The second-order valence-electron chi connectivity index (χ2n) is 1.87. The largest absolute Gasteiger partial charge is 0.458 e. The third kappa shape index (κ3) is 4.29. The lowest BCUT2D eigenvalue weighted by atomic mass is 10.4. The molecule has 0 spiro atoms. The molecule has 0 bridgehead atoms. The van der Waals surface area contributed by atoms with Crippen molar-refractivity contribution in [3.05, 3.63) is 0 Å². The Morgan fingerprint density at radius 1 is 1.70 bits per heavy atom. The molecule has 60 valence electrons. The highest BCUT2D eigenvalue weighted by Gasteiger charge is 2.08. The molecule has 0 saturated carbocycles. The van der Waals surface area contributed by atoms with Crippen LogP contribution >= 0.6 is 0 Å². The normalized spacial score (nSPS) is 12.7. The van der Waals surface area contributed by atoms with Gasteiger partial charge in [0.05, 0.1) is 13.2 Å². The number of aliphatic hydroxyl groups excluding tert-OH is 1. The first kappa shape index (κ1) is 9.39. The lowest BCUT2D eigenvalue weighted by molar-refractivity contribution is -0.151. The fourth-order valence-electron chi connectivity index (χ4n) is 0.545. The lowest BCUT2D eigenvalue weighted by Crippen LogP contribution is -2.25. The van der Waals surface area contributed by atoms with E-state index in [1.165, 1.54) is 14.0 Å². The summed E-state index contributed by atoms with van der Waals surface area (Å²) in [4.78, 5) is 10.3. The van der Waals surface area contributed by atoms with Crippen LogP contribution < -0.4 is 0 Å². The van der Waals surface area contributed by atoms with Crippen molar-refractivity contribution >= 4 is 5.97 Å². The van der Waals surface area contributed by atoms with Crippen molar-refractivity contribution in [3.63, 3.8) is 0 Å². The Balaban J connectivity index is 3.49. The molecule has 0 fully saturated rings. The first-order valence-corrected chi connectivity index (χ1v) is 2.97. The molecule has 0 radical (unpaired) electrons. The minimum Gasteiger partial charge on any atom is -0.458 e. The van der Waals surface area contributed by atoms with E-state index in [0.717, 1.165) is 0 Å². The number of rotatable bonds is 4. The predicted molar refractivity (Wildman–Crippen MR) is 34.5 cm³/mol. The maximum Gasteiger partial charge on any atom is 0.303 e. The summed E-state index contributed by atoms with van der Waals surface area (Å²) in [5, 5.41) is 8.55. The molecule has 4 nitrogen and oxygen atoms in total. The van der Waals surface area contributed by atoms with Gasteiger partial charge in [-0.1, -0.05) is 0 Å². The predicted octanol–water partition coefficient (Wildman–Crippen LogP) is -0.443. The highest BCUT2D eigenvalue weighted by molar-refractivity contribution is 5.66. The summed E-state index contributed by atoms with van der Waals surface area (Å²) in [5.74, 6) is -0.406. The summed E-state index contributed by atoms with van der Waals surface area (Å²) in [6, 6.07) is 0. The molecule has 0 aromatic carbocycles. The van der Waals surface area contributed by atoms with E-state index in [0.29, 0.717) is 0 Å². The van der Waals surface area contributed by atoms with E-state index in [2.05, 4.69) is 9.47 Å². The monoisotopic (exact) mass is 148 g/mol. The van der Waals surface area contributed by atoms with Crippen molar-refractivity contribution in [2.75, 3.05) is 20.3 Å². The molecule has 0 rings (SSSR count). The average molecular weight is 148 g/mol. The number of aliphatic hydroxyl groups is 1. The van der Waals surface area contributed by atoms with E-state index in [-0.39, 0.29) is 13.2 Å². The maximum atomic E-state index is 10.3. The van der Waals surface area contributed by atoms with Crippen LogP contribution in [-0.2, 0) is 14.3 Å². The molecule has 0 aromatic rings. The van der Waals surface area contributed by atoms with Gasteiger partial charge < -0.3 is 14.6 Å². The second-order valence-corrected chi connectivity index (χ2v) is 1.87. The summed E-state index contributed by atoms with van der Waals surface area (Å²) in [5.41, 5.74) is 0. The summed E-state index contributed by atoms with van der Waals surface area (Å²) >= 11 is 0. The molecule has 0 aromatic heterocycles. The molecule has 0 aliphatic rings. The summed E-state index contributed by atoms with van der Waals surface area (Å²) < 4.78 is 9.28. The summed E-state index contributed by atoms with van der Waals surface area (Å²) in [7, 11) is 1.48.